The van der Waals surface area contributed by atoms with E-state index >= 15 is 0 Å². The molecule has 0 radical (unpaired) electrons. The molecule has 0 aromatic carbocycles. The summed E-state index contributed by atoms with van der Waals surface area (Å²) >= 11 is 13.0. The van der Waals surface area contributed by atoms with Gasteiger partial charge < -0.3 is 25.4 Å². The SMILES string of the molecule is COCCN[C@H]1CC[C@H](Nc2cc(-c3cnc(Cl)c(NCC4(C)CCOCC4)c3)c(Cl)cn2)CC1. The molecular weight excluding hydrogens is 485 g/mol. The third kappa shape index (κ3) is 7.43. The average Bonchev–Trinajstić information content (AvgIpc) is 2.86. The highest BCUT2D eigenvalue weighted by Crippen LogP contribution is 2.35. The zero-order valence-corrected chi connectivity index (χ0v) is 22.2. The molecule has 35 heavy (non-hydrogen) atoms. The summed E-state index contributed by atoms with van der Waals surface area (Å²) in [7, 11) is 1.74. The van der Waals surface area contributed by atoms with Crippen LogP contribution in [-0.2, 0) is 9.47 Å². The Labute approximate surface area is 218 Å². The van der Waals surface area contributed by atoms with Crippen LogP contribution in [-0.4, -0.2) is 62.1 Å². The summed E-state index contributed by atoms with van der Waals surface area (Å²) in [6, 6.07) is 5.00. The van der Waals surface area contributed by atoms with Gasteiger partial charge in [-0.05, 0) is 56.1 Å². The van der Waals surface area contributed by atoms with Gasteiger partial charge in [0.05, 0.1) is 17.3 Å². The summed E-state index contributed by atoms with van der Waals surface area (Å²) in [4.78, 5) is 8.97. The van der Waals surface area contributed by atoms with Gasteiger partial charge in [0.25, 0.3) is 0 Å². The van der Waals surface area contributed by atoms with Crippen LogP contribution < -0.4 is 16.0 Å². The van der Waals surface area contributed by atoms with E-state index in [1.54, 1.807) is 19.5 Å². The van der Waals surface area contributed by atoms with E-state index in [1.165, 1.54) is 0 Å². The Bertz CT molecular complexity index is 963. The third-order valence-electron chi connectivity index (χ3n) is 7.23. The Morgan fingerprint density at radius 3 is 2.54 bits per heavy atom. The fourth-order valence-electron chi connectivity index (χ4n) is 4.82. The highest BCUT2D eigenvalue weighted by atomic mass is 35.5. The van der Waals surface area contributed by atoms with Crippen LogP contribution in [0, 0.1) is 5.41 Å². The molecule has 2 fully saturated rings. The van der Waals surface area contributed by atoms with E-state index in [4.69, 9.17) is 32.7 Å². The van der Waals surface area contributed by atoms with Gasteiger partial charge in [-0.1, -0.05) is 30.1 Å². The van der Waals surface area contributed by atoms with Gasteiger partial charge in [0.15, 0.2) is 5.15 Å². The van der Waals surface area contributed by atoms with Crippen molar-refractivity contribution in [2.75, 3.05) is 50.7 Å². The molecule has 0 atom stereocenters. The van der Waals surface area contributed by atoms with E-state index in [2.05, 4.69) is 32.8 Å². The average molecular weight is 523 g/mol. The lowest BCUT2D eigenvalue weighted by Crippen LogP contribution is -2.38. The third-order valence-corrected chi connectivity index (χ3v) is 7.83. The van der Waals surface area contributed by atoms with Gasteiger partial charge in [-0.3, -0.25) is 0 Å². The summed E-state index contributed by atoms with van der Waals surface area (Å²) in [5, 5.41) is 11.8. The first-order chi connectivity index (χ1) is 17.0. The van der Waals surface area contributed by atoms with Crippen molar-refractivity contribution in [3.8, 4) is 11.1 Å². The Morgan fingerprint density at radius 2 is 1.80 bits per heavy atom. The van der Waals surface area contributed by atoms with Crippen LogP contribution in [0.1, 0.15) is 45.4 Å². The molecule has 0 bridgehead atoms. The van der Waals surface area contributed by atoms with Crippen molar-refractivity contribution in [2.24, 2.45) is 5.41 Å². The lowest BCUT2D eigenvalue weighted by atomic mass is 9.82. The van der Waals surface area contributed by atoms with Gasteiger partial charge in [0, 0.05) is 69.0 Å². The minimum atomic E-state index is 0.182. The zero-order chi connectivity index (χ0) is 24.7. The van der Waals surface area contributed by atoms with Crippen molar-refractivity contribution in [3.05, 3.63) is 34.7 Å². The van der Waals surface area contributed by atoms with Crippen molar-refractivity contribution in [3.63, 3.8) is 0 Å². The second-order valence-electron chi connectivity index (χ2n) is 10.0. The molecule has 7 nitrogen and oxygen atoms in total. The minimum Gasteiger partial charge on any atom is -0.383 e. The summed E-state index contributed by atoms with van der Waals surface area (Å²) in [6.45, 7) is 6.37. The number of hydrogen-bond donors (Lipinski definition) is 3. The number of nitrogens with one attached hydrogen (secondary N) is 3. The number of hydrogen-bond acceptors (Lipinski definition) is 7. The van der Waals surface area contributed by atoms with Crippen LogP contribution in [0.3, 0.4) is 0 Å². The lowest BCUT2D eigenvalue weighted by molar-refractivity contribution is 0.0300. The van der Waals surface area contributed by atoms with Gasteiger partial charge in [-0.15, -0.1) is 0 Å². The molecule has 1 saturated carbocycles. The van der Waals surface area contributed by atoms with E-state index in [1.807, 2.05) is 12.1 Å². The maximum absolute atomic E-state index is 6.56. The number of nitrogens with zero attached hydrogens (tertiary/aromatic N) is 2. The van der Waals surface area contributed by atoms with Crippen LogP contribution in [0.5, 0.6) is 0 Å². The summed E-state index contributed by atoms with van der Waals surface area (Å²) in [5.74, 6) is 0.833. The number of methoxy groups -OCH3 is 1. The molecule has 2 aliphatic rings. The molecule has 3 heterocycles. The van der Waals surface area contributed by atoms with Crippen LogP contribution in [0.15, 0.2) is 24.5 Å². The Balaban J connectivity index is 1.40. The number of ether oxygens (including phenoxy) is 2. The number of pyridine rings is 2. The van der Waals surface area contributed by atoms with Gasteiger partial charge in [-0.2, -0.15) is 0 Å². The Hall–Kier alpha value is -1.64. The quantitative estimate of drug-likeness (QED) is 0.275. The molecule has 1 saturated heterocycles. The largest absolute Gasteiger partial charge is 0.383 e. The van der Waals surface area contributed by atoms with E-state index in [-0.39, 0.29) is 5.41 Å². The highest BCUT2D eigenvalue weighted by Gasteiger charge is 2.27. The van der Waals surface area contributed by atoms with Crippen molar-refractivity contribution >= 4 is 34.7 Å². The molecule has 0 unspecified atom stereocenters. The van der Waals surface area contributed by atoms with Crippen molar-refractivity contribution in [1.29, 1.82) is 0 Å². The molecule has 1 aliphatic carbocycles. The van der Waals surface area contributed by atoms with Crippen LogP contribution in [0.4, 0.5) is 11.5 Å². The first kappa shape index (κ1) is 26.4. The summed E-state index contributed by atoms with van der Waals surface area (Å²) < 4.78 is 10.7. The second kappa shape index (κ2) is 12.5. The smallest absolute Gasteiger partial charge is 0.152 e. The fraction of sp³-hybridized carbons (Fsp3) is 0.615. The Kier molecular flexibility index (Phi) is 9.47. The molecule has 1 aliphatic heterocycles. The normalized spacial score (nSPS) is 22.1. The van der Waals surface area contributed by atoms with Crippen molar-refractivity contribution < 1.29 is 9.47 Å². The molecule has 4 rings (SSSR count). The van der Waals surface area contributed by atoms with Crippen LogP contribution in [0.2, 0.25) is 10.2 Å². The van der Waals surface area contributed by atoms with E-state index in [9.17, 15) is 0 Å². The minimum absolute atomic E-state index is 0.182. The number of anilines is 2. The maximum atomic E-state index is 6.56. The van der Waals surface area contributed by atoms with Crippen LogP contribution in [0.25, 0.3) is 11.1 Å². The molecule has 9 heteroatoms. The molecule has 3 N–H and O–H groups in total. The first-order valence-corrected chi connectivity index (χ1v) is 13.3. The second-order valence-corrected chi connectivity index (χ2v) is 10.8. The van der Waals surface area contributed by atoms with Gasteiger partial charge in [0.1, 0.15) is 5.82 Å². The highest BCUT2D eigenvalue weighted by molar-refractivity contribution is 6.33. The molecule has 2 aromatic rings. The molecular formula is C26H37Cl2N5O2. The predicted molar refractivity (Wildman–Crippen MR) is 144 cm³/mol. The van der Waals surface area contributed by atoms with Crippen molar-refractivity contribution in [2.45, 2.75) is 57.5 Å². The van der Waals surface area contributed by atoms with Gasteiger partial charge >= 0.3 is 0 Å². The zero-order valence-electron chi connectivity index (χ0n) is 20.7. The van der Waals surface area contributed by atoms with Crippen molar-refractivity contribution in [1.82, 2.24) is 15.3 Å². The lowest BCUT2D eigenvalue weighted by Gasteiger charge is -2.34. The van der Waals surface area contributed by atoms with Crippen LogP contribution >= 0.6 is 23.2 Å². The first-order valence-electron chi connectivity index (χ1n) is 12.6. The Morgan fingerprint density at radius 1 is 1.06 bits per heavy atom. The van der Waals surface area contributed by atoms with Gasteiger partial charge in [0.2, 0.25) is 0 Å². The molecule has 2 aromatic heterocycles. The van der Waals surface area contributed by atoms with Gasteiger partial charge in [-0.25, -0.2) is 9.97 Å². The number of rotatable bonds is 10. The van der Waals surface area contributed by atoms with E-state index in [0.29, 0.717) is 22.3 Å². The van der Waals surface area contributed by atoms with E-state index < -0.39 is 0 Å². The standard InChI is InChI=1S/C26H37Cl2N5O2/c1-26(7-10-35-11-8-26)17-32-23-13-18(15-31-25(23)28)21-14-24(30-16-22(21)27)33-20-5-3-19(4-6-20)29-9-12-34-2/h13-16,19-20,29,32H,3-12,17H2,1-2H3,(H,30,33)/t19-,20-. The number of halogens is 2. The summed E-state index contributed by atoms with van der Waals surface area (Å²) in [6.07, 6.45) is 10.0. The molecule has 192 valence electrons. The van der Waals surface area contributed by atoms with E-state index in [0.717, 1.165) is 94.1 Å². The predicted octanol–water partition coefficient (Wildman–Crippen LogP) is 5.64. The fourth-order valence-corrected chi connectivity index (χ4v) is 5.21. The topological polar surface area (TPSA) is 80.3 Å². The molecule has 0 spiro atoms. The maximum Gasteiger partial charge on any atom is 0.152 e. The molecule has 0 amide bonds. The monoisotopic (exact) mass is 521 g/mol. The number of aromatic nitrogens is 2. The summed E-state index contributed by atoms with van der Waals surface area (Å²) in [5.41, 5.74) is 2.80.